The fourth-order valence-corrected chi connectivity index (χ4v) is 1.89. The molecule has 0 radical (unpaired) electrons. The van der Waals surface area contributed by atoms with Crippen LogP contribution >= 0.6 is 0 Å². The number of ether oxygens (including phenoxy) is 1. The van der Waals surface area contributed by atoms with Crippen molar-refractivity contribution >= 4 is 11.7 Å². The third kappa shape index (κ3) is 4.55. The fourth-order valence-electron chi connectivity index (χ4n) is 1.89. The zero-order valence-corrected chi connectivity index (χ0v) is 13.7. The van der Waals surface area contributed by atoms with Crippen molar-refractivity contribution in [3.8, 4) is 5.75 Å². The smallest absolute Gasteiger partial charge is 0.266 e. The molecule has 124 valence electrons. The predicted octanol–water partition coefficient (Wildman–Crippen LogP) is 3.91. The molecule has 0 spiro atoms. The second-order valence-corrected chi connectivity index (χ2v) is 6.28. The van der Waals surface area contributed by atoms with Gasteiger partial charge in [-0.2, -0.15) is 0 Å². The lowest BCUT2D eigenvalue weighted by Crippen LogP contribution is -2.32. The topological polar surface area (TPSA) is 64.4 Å². The standard InChI is InChI=1S/C17H21FN2O3/c1-5-13(22-12-8-6-11(18)7-9-12)16(21)19-15-10-14(23-20-15)17(2,3)4/h6-10,13H,5H2,1-4H3,(H,19,20,21)/t13-/m0/s1. The molecule has 2 rings (SSSR count). The minimum absolute atomic E-state index is 0.190. The van der Waals surface area contributed by atoms with Gasteiger partial charge in [0.25, 0.3) is 5.91 Å². The van der Waals surface area contributed by atoms with Crippen molar-refractivity contribution in [3.05, 3.63) is 41.9 Å². The number of benzene rings is 1. The highest BCUT2D eigenvalue weighted by molar-refractivity contribution is 5.93. The highest BCUT2D eigenvalue weighted by Gasteiger charge is 2.23. The molecule has 0 fully saturated rings. The van der Waals surface area contributed by atoms with Gasteiger partial charge in [0.05, 0.1) is 0 Å². The van der Waals surface area contributed by atoms with Crippen LogP contribution in [0.1, 0.15) is 39.9 Å². The molecule has 23 heavy (non-hydrogen) atoms. The molecule has 0 saturated carbocycles. The van der Waals surface area contributed by atoms with E-state index in [9.17, 15) is 9.18 Å². The number of rotatable bonds is 5. The number of carbonyl (C=O) groups is 1. The first-order valence-corrected chi connectivity index (χ1v) is 7.50. The van der Waals surface area contributed by atoms with Crippen LogP contribution in [0, 0.1) is 5.82 Å². The van der Waals surface area contributed by atoms with Crippen LogP contribution in [0.5, 0.6) is 5.75 Å². The highest BCUT2D eigenvalue weighted by Crippen LogP contribution is 2.24. The van der Waals surface area contributed by atoms with Gasteiger partial charge in [-0.05, 0) is 30.7 Å². The van der Waals surface area contributed by atoms with Crippen molar-refractivity contribution in [2.24, 2.45) is 0 Å². The van der Waals surface area contributed by atoms with E-state index in [1.54, 1.807) is 6.07 Å². The second-order valence-electron chi connectivity index (χ2n) is 6.28. The number of carbonyl (C=O) groups excluding carboxylic acids is 1. The van der Waals surface area contributed by atoms with Crippen molar-refractivity contribution in [1.82, 2.24) is 5.16 Å². The summed E-state index contributed by atoms with van der Waals surface area (Å²) in [6.45, 7) is 7.81. The Hall–Kier alpha value is -2.37. The molecule has 0 aliphatic heterocycles. The number of hydrogen-bond acceptors (Lipinski definition) is 4. The summed E-state index contributed by atoms with van der Waals surface area (Å²) in [7, 11) is 0. The van der Waals surface area contributed by atoms with E-state index >= 15 is 0 Å². The lowest BCUT2D eigenvalue weighted by atomic mass is 9.93. The number of anilines is 1. The van der Waals surface area contributed by atoms with Gasteiger partial charge < -0.3 is 14.6 Å². The first-order valence-electron chi connectivity index (χ1n) is 7.50. The van der Waals surface area contributed by atoms with Gasteiger partial charge in [-0.1, -0.05) is 32.9 Å². The average Bonchev–Trinajstić information content (AvgIpc) is 2.95. The predicted molar refractivity (Wildman–Crippen MR) is 84.9 cm³/mol. The molecule has 1 N–H and O–H groups in total. The van der Waals surface area contributed by atoms with E-state index < -0.39 is 6.10 Å². The Labute approximate surface area is 134 Å². The highest BCUT2D eigenvalue weighted by atomic mass is 19.1. The summed E-state index contributed by atoms with van der Waals surface area (Å²) in [5.74, 6) is 0.781. The van der Waals surface area contributed by atoms with E-state index in [1.807, 2.05) is 27.7 Å². The zero-order valence-electron chi connectivity index (χ0n) is 13.7. The zero-order chi connectivity index (χ0) is 17.0. The summed E-state index contributed by atoms with van der Waals surface area (Å²) in [6, 6.07) is 7.24. The normalized spacial score (nSPS) is 12.7. The van der Waals surface area contributed by atoms with Crippen LogP contribution in [0.25, 0.3) is 0 Å². The number of amides is 1. The third-order valence-electron chi connectivity index (χ3n) is 3.26. The molecule has 0 bridgehead atoms. The lowest BCUT2D eigenvalue weighted by molar-refractivity contribution is -0.122. The van der Waals surface area contributed by atoms with Crippen LogP contribution in [0.2, 0.25) is 0 Å². The van der Waals surface area contributed by atoms with Gasteiger partial charge in [0, 0.05) is 11.5 Å². The van der Waals surface area contributed by atoms with Crippen LogP contribution in [-0.4, -0.2) is 17.2 Å². The summed E-state index contributed by atoms with van der Waals surface area (Å²) < 4.78 is 23.7. The number of aromatic nitrogens is 1. The maximum atomic E-state index is 12.9. The first-order chi connectivity index (χ1) is 10.8. The molecule has 1 atom stereocenters. The van der Waals surface area contributed by atoms with Gasteiger partial charge in [0.15, 0.2) is 11.9 Å². The van der Waals surface area contributed by atoms with E-state index in [-0.39, 0.29) is 17.1 Å². The minimum atomic E-state index is -0.699. The Morgan fingerprint density at radius 3 is 2.52 bits per heavy atom. The van der Waals surface area contributed by atoms with Crippen LogP contribution in [0.4, 0.5) is 10.2 Å². The van der Waals surface area contributed by atoms with Crippen LogP contribution in [0.3, 0.4) is 0 Å². The number of hydrogen-bond donors (Lipinski definition) is 1. The van der Waals surface area contributed by atoms with Crippen molar-refractivity contribution in [2.45, 2.75) is 45.6 Å². The van der Waals surface area contributed by atoms with Crippen LogP contribution < -0.4 is 10.1 Å². The summed E-state index contributed by atoms with van der Waals surface area (Å²) in [6.07, 6.45) is -0.233. The van der Waals surface area contributed by atoms with Gasteiger partial charge in [0.2, 0.25) is 0 Å². The quantitative estimate of drug-likeness (QED) is 0.907. The van der Waals surface area contributed by atoms with Gasteiger partial charge in [-0.15, -0.1) is 0 Å². The molecule has 2 aromatic rings. The summed E-state index contributed by atoms with van der Waals surface area (Å²) in [5.41, 5.74) is -0.190. The summed E-state index contributed by atoms with van der Waals surface area (Å²) in [4.78, 5) is 12.3. The van der Waals surface area contributed by atoms with Crippen LogP contribution in [-0.2, 0) is 10.2 Å². The molecule has 5 nitrogen and oxygen atoms in total. The monoisotopic (exact) mass is 320 g/mol. The van der Waals surface area contributed by atoms with Gasteiger partial charge in [-0.25, -0.2) is 4.39 Å². The summed E-state index contributed by atoms with van der Waals surface area (Å²) in [5, 5.41) is 6.52. The maximum Gasteiger partial charge on any atom is 0.266 e. The van der Waals surface area contributed by atoms with Crippen molar-refractivity contribution in [2.75, 3.05) is 5.32 Å². The van der Waals surface area contributed by atoms with E-state index in [4.69, 9.17) is 9.26 Å². The molecule has 0 unspecified atom stereocenters. The molecule has 1 aromatic heterocycles. The van der Waals surface area contributed by atoms with Crippen molar-refractivity contribution in [1.29, 1.82) is 0 Å². The second kappa shape index (κ2) is 6.81. The Morgan fingerprint density at radius 2 is 2.00 bits per heavy atom. The maximum absolute atomic E-state index is 12.9. The molecule has 1 amide bonds. The molecular formula is C17H21FN2O3. The molecule has 0 aliphatic carbocycles. The van der Waals surface area contributed by atoms with Gasteiger partial charge >= 0.3 is 0 Å². The number of nitrogens with zero attached hydrogens (tertiary/aromatic N) is 1. The lowest BCUT2D eigenvalue weighted by Gasteiger charge is -2.16. The Kier molecular flexibility index (Phi) is 5.03. The minimum Gasteiger partial charge on any atom is -0.481 e. The number of nitrogens with one attached hydrogen (secondary N) is 1. The third-order valence-corrected chi connectivity index (χ3v) is 3.26. The Balaban J connectivity index is 2.02. The fraction of sp³-hybridized carbons (Fsp3) is 0.412. The van der Waals surface area contributed by atoms with E-state index in [0.29, 0.717) is 23.7 Å². The van der Waals surface area contributed by atoms with Crippen molar-refractivity contribution in [3.63, 3.8) is 0 Å². The summed E-state index contributed by atoms with van der Waals surface area (Å²) >= 11 is 0. The van der Waals surface area contributed by atoms with Gasteiger partial charge in [0.1, 0.15) is 17.3 Å². The average molecular weight is 320 g/mol. The SMILES string of the molecule is CC[C@H](Oc1ccc(F)cc1)C(=O)Nc1cc(C(C)(C)C)on1. The van der Waals surface area contributed by atoms with E-state index in [1.165, 1.54) is 24.3 Å². The Bertz CT molecular complexity index is 659. The largest absolute Gasteiger partial charge is 0.481 e. The van der Waals surface area contributed by atoms with E-state index in [0.717, 1.165) is 0 Å². The molecular weight excluding hydrogens is 299 g/mol. The van der Waals surface area contributed by atoms with E-state index in [2.05, 4.69) is 10.5 Å². The molecule has 1 heterocycles. The number of halogens is 1. The van der Waals surface area contributed by atoms with Crippen molar-refractivity contribution < 1.29 is 18.4 Å². The molecule has 0 aliphatic rings. The van der Waals surface area contributed by atoms with Gasteiger partial charge in [-0.3, -0.25) is 4.79 Å². The van der Waals surface area contributed by atoms with Crippen LogP contribution in [0.15, 0.2) is 34.9 Å². The first kappa shape index (κ1) is 17.0. The molecule has 1 aromatic carbocycles. The Morgan fingerprint density at radius 1 is 1.35 bits per heavy atom. The molecule has 0 saturated heterocycles. The molecule has 6 heteroatoms.